The largest absolute Gasteiger partial charge is 0.447 e. The van der Waals surface area contributed by atoms with Gasteiger partial charge in [0.1, 0.15) is 6.61 Å². The van der Waals surface area contributed by atoms with E-state index in [4.69, 9.17) is 4.74 Å². The number of cyclic esters (lactones) is 1. The fourth-order valence-corrected chi connectivity index (χ4v) is 2.13. The number of unbranched alkanes of at least 4 members (excludes halogenated alkanes) is 2. The van der Waals surface area contributed by atoms with Crippen LogP contribution in [0.15, 0.2) is 60.7 Å². The highest BCUT2D eigenvalue weighted by Crippen LogP contribution is 2.05. The van der Waals surface area contributed by atoms with Crippen LogP contribution in [0.4, 0.5) is 4.79 Å². The van der Waals surface area contributed by atoms with Crippen LogP contribution in [0.25, 0.3) is 6.08 Å². The van der Waals surface area contributed by atoms with Gasteiger partial charge in [0.25, 0.3) is 5.91 Å². The lowest BCUT2D eigenvalue weighted by Crippen LogP contribution is -2.29. The van der Waals surface area contributed by atoms with Crippen LogP contribution in [0.2, 0.25) is 0 Å². The number of allylic oxidation sites excluding steroid dienone is 4. The molecule has 0 N–H and O–H groups in total. The molecule has 1 fully saturated rings. The lowest BCUT2D eigenvalue weighted by molar-refractivity contribution is -0.122. The Bertz CT molecular complexity index is 602. The topological polar surface area (TPSA) is 46.6 Å². The van der Waals surface area contributed by atoms with Gasteiger partial charge < -0.3 is 4.74 Å². The number of hydrogen-bond donors (Lipinski definition) is 0. The molecule has 1 saturated heterocycles. The second kappa shape index (κ2) is 9.41. The summed E-state index contributed by atoms with van der Waals surface area (Å²) < 4.78 is 4.72. The van der Waals surface area contributed by atoms with Gasteiger partial charge in [-0.15, -0.1) is 0 Å². The zero-order valence-electron chi connectivity index (χ0n) is 13.1. The number of rotatable bonds is 7. The van der Waals surface area contributed by atoms with Crippen LogP contribution in [-0.4, -0.2) is 30.1 Å². The fourth-order valence-electron chi connectivity index (χ4n) is 2.13. The summed E-state index contributed by atoms with van der Waals surface area (Å²) in [6.45, 7) is 0.637. The molecule has 2 rings (SSSR count). The fraction of sp³-hybridized carbons (Fsp3) is 0.263. The Hall–Kier alpha value is -2.62. The third kappa shape index (κ3) is 5.94. The molecule has 4 nitrogen and oxygen atoms in total. The first kappa shape index (κ1) is 16.7. The summed E-state index contributed by atoms with van der Waals surface area (Å²) in [6, 6.07) is 10.1. The van der Waals surface area contributed by atoms with Crippen LogP contribution in [0.1, 0.15) is 24.8 Å². The van der Waals surface area contributed by atoms with E-state index >= 15 is 0 Å². The standard InChI is InChI=1S/C19H21NO3/c21-18(20-15-16-23-19(20)22)14-10-5-3-1-2-4-7-11-17-12-8-6-9-13-17/h2,4,6-14H,1,3,5,15-16H2/b4-2+,11-7+,14-10+. The van der Waals surface area contributed by atoms with Crippen LogP contribution in [0.3, 0.4) is 0 Å². The minimum absolute atomic E-state index is 0.291. The molecule has 1 aromatic rings. The molecule has 1 aliphatic rings. The number of ether oxygens (including phenoxy) is 1. The summed E-state index contributed by atoms with van der Waals surface area (Å²) >= 11 is 0. The second-order valence-electron chi connectivity index (χ2n) is 5.14. The Kier molecular flexibility index (Phi) is 6.85. The van der Waals surface area contributed by atoms with Crippen molar-refractivity contribution < 1.29 is 14.3 Å². The van der Waals surface area contributed by atoms with Crippen LogP contribution in [0.5, 0.6) is 0 Å². The molecule has 1 aromatic carbocycles. The Labute approximate surface area is 136 Å². The van der Waals surface area contributed by atoms with Crippen LogP contribution in [0, 0.1) is 0 Å². The highest BCUT2D eigenvalue weighted by Gasteiger charge is 2.26. The van der Waals surface area contributed by atoms with Crippen molar-refractivity contribution in [2.75, 3.05) is 13.2 Å². The van der Waals surface area contributed by atoms with Crippen LogP contribution in [-0.2, 0) is 9.53 Å². The van der Waals surface area contributed by atoms with Gasteiger partial charge in [-0.25, -0.2) is 9.69 Å². The van der Waals surface area contributed by atoms with E-state index in [0.29, 0.717) is 13.2 Å². The van der Waals surface area contributed by atoms with Crippen molar-refractivity contribution in [2.45, 2.75) is 19.3 Å². The third-order valence-corrected chi connectivity index (χ3v) is 3.36. The Morgan fingerprint density at radius 2 is 1.91 bits per heavy atom. The van der Waals surface area contributed by atoms with Crippen LogP contribution < -0.4 is 0 Å². The van der Waals surface area contributed by atoms with Gasteiger partial charge in [0.05, 0.1) is 6.54 Å². The highest BCUT2D eigenvalue weighted by atomic mass is 16.6. The van der Waals surface area contributed by atoms with Crippen molar-refractivity contribution in [3.05, 3.63) is 66.3 Å². The molecule has 120 valence electrons. The third-order valence-electron chi connectivity index (χ3n) is 3.36. The van der Waals surface area contributed by atoms with Gasteiger partial charge in [-0.1, -0.05) is 60.7 Å². The zero-order chi connectivity index (χ0) is 16.3. The molecule has 23 heavy (non-hydrogen) atoms. The van der Waals surface area contributed by atoms with Gasteiger partial charge in [-0.05, 0) is 30.9 Å². The molecule has 0 atom stereocenters. The summed E-state index contributed by atoms with van der Waals surface area (Å²) in [7, 11) is 0. The van der Waals surface area contributed by atoms with Gasteiger partial charge >= 0.3 is 6.09 Å². The monoisotopic (exact) mass is 311 g/mol. The van der Waals surface area contributed by atoms with Crippen molar-refractivity contribution in [2.24, 2.45) is 0 Å². The number of carbonyl (C=O) groups is 2. The maximum atomic E-state index is 11.7. The minimum Gasteiger partial charge on any atom is -0.447 e. The lowest BCUT2D eigenvalue weighted by atomic mass is 10.2. The van der Waals surface area contributed by atoms with Crippen molar-refractivity contribution in [1.29, 1.82) is 0 Å². The highest BCUT2D eigenvalue weighted by molar-refractivity contribution is 5.99. The van der Waals surface area contributed by atoms with Crippen molar-refractivity contribution in [3.8, 4) is 0 Å². The first-order chi connectivity index (χ1) is 11.3. The lowest BCUT2D eigenvalue weighted by Gasteiger charge is -2.06. The first-order valence-corrected chi connectivity index (χ1v) is 7.80. The molecule has 0 aromatic heterocycles. The molecule has 2 amide bonds. The summed E-state index contributed by atoms with van der Waals surface area (Å²) in [6.07, 6.45) is 13.6. The van der Waals surface area contributed by atoms with Gasteiger partial charge in [-0.2, -0.15) is 0 Å². The summed E-state index contributed by atoms with van der Waals surface area (Å²) in [5.74, 6) is -0.297. The average molecular weight is 311 g/mol. The van der Waals surface area contributed by atoms with Gasteiger partial charge in [0, 0.05) is 0 Å². The number of carbonyl (C=O) groups excluding carboxylic acids is 2. The van der Waals surface area contributed by atoms with E-state index in [1.165, 1.54) is 11.6 Å². The van der Waals surface area contributed by atoms with Crippen molar-refractivity contribution in [3.63, 3.8) is 0 Å². The molecule has 4 heteroatoms. The predicted molar refractivity (Wildman–Crippen MR) is 90.7 cm³/mol. The molecule has 0 unspecified atom stereocenters. The molecule has 1 aliphatic heterocycles. The van der Waals surface area contributed by atoms with E-state index in [2.05, 4.69) is 24.3 Å². The quantitative estimate of drug-likeness (QED) is 0.435. The molecular formula is C19H21NO3. The number of hydrogen-bond acceptors (Lipinski definition) is 3. The molecule has 0 aliphatic carbocycles. The Morgan fingerprint density at radius 3 is 2.65 bits per heavy atom. The van der Waals surface area contributed by atoms with E-state index in [1.807, 2.05) is 36.4 Å². The predicted octanol–water partition coefficient (Wildman–Crippen LogP) is 3.96. The molecule has 0 radical (unpaired) electrons. The molecule has 1 heterocycles. The Morgan fingerprint density at radius 1 is 1.13 bits per heavy atom. The average Bonchev–Trinajstić information content (AvgIpc) is 3.00. The van der Waals surface area contributed by atoms with E-state index in [9.17, 15) is 9.59 Å². The normalized spacial score (nSPS) is 15.1. The molecule has 0 spiro atoms. The first-order valence-electron chi connectivity index (χ1n) is 7.80. The maximum Gasteiger partial charge on any atom is 0.416 e. The number of benzene rings is 1. The van der Waals surface area contributed by atoms with Gasteiger partial charge in [0.15, 0.2) is 0 Å². The smallest absolute Gasteiger partial charge is 0.416 e. The van der Waals surface area contributed by atoms with Crippen molar-refractivity contribution in [1.82, 2.24) is 4.90 Å². The summed E-state index contributed by atoms with van der Waals surface area (Å²) in [4.78, 5) is 24.0. The van der Waals surface area contributed by atoms with E-state index in [0.717, 1.165) is 24.2 Å². The second-order valence-corrected chi connectivity index (χ2v) is 5.14. The van der Waals surface area contributed by atoms with Gasteiger partial charge in [-0.3, -0.25) is 4.79 Å². The number of imide groups is 1. The number of nitrogens with zero attached hydrogens (tertiary/aromatic N) is 1. The SMILES string of the molecule is O=C(/C=C/CCC/C=C/C=C/c1ccccc1)N1CCOC1=O. The van der Waals surface area contributed by atoms with Gasteiger partial charge in [0.2, 0.25) is 0 Å². The van der Waals surface area contributed by atoms with E-state index in [1.54, 1.807) is 0 Å². The van der Waals surface area contributed by atoms with Crippen molar-refractivity contribution >= 4 is 18.1 Å². The Balaban J connectivity index is 1.59. The van der Waals surface area contributed by atoms with E-state index < -0.39 is 6.09 Å². The van der Waals surface area contributed by atoms with E-state index in [-0.39, 0.29) is 5.91 Å². The molecule has 0 bridgehead atoms. The maximum absolute atomic E-state index is 11.7. The molecular weight excluding hydrogens is 290 g/mol. The van der Waals surface area contributed by atoms with Crippen LogP contribution >= 0.6 is 0 Å². The zero-order valence-corrected chi connectivity index (χ0v) is 13.1. The summed E-state index contributed by atoms with van der Waals surface area (Å²) in [5.41, 5.74) is 1.18. The number of amides is 2. The summed E-state index contributed by atoms with van der Waals surface area (Å²) in [5, 5.41) is 0. The minimum atomic E-state index is -0.548. The molecule has 0 saturated carbocycles.